The summed E-state index contributed by atoms with van der Waals surface area (Å²) >= 11 is 5.98. The number of ether oxygens (including phenoxy) is 1. The van der Waals surface area contributed by atoms with Gasteiger partial charge in [0.05, 0.1) is 0 Å². The van der Waals surface area contributed by atoms with Gasteiger partial charge >= 0.3 is 0 Å². The van der Waals surface area contributed by atoms with E-state index in [1.165, 1.54) is 24.9 Å². The van der Waals surface area contributed by atoms with E-state index in [4.69, 9.17) is 22.1 Å². The number of anilines is 1. The second kappa shape index (κ2) is 13.4. The van der Waals surface area contributed by atoms with Gasteiger partial charge in [-0.3, -0.25) is 0 Å². The van der Waals surface area contributed by atoms with Gasteiger partial charge in [0, 0.05) is 49.0 Å². The Bertz CT molecular complexity index is 831. The van der Waals surface area contributed by atoms with Crippen LogP contribution in [0.5, 0.6) is 5.75 Å². The largest absolute Gasteiger partial charge is 0.489 e. The van der Waals surface area contributed by atoms with Crippen molar-refractivity contribution in [3.63, 3.8) is 0 Å². The van der Waals surface area contributed by atoms with E-state index >= 15 is 0 Å². The molecule has 0 spiro atoms. The van der Waals surface area contributed by atoms with Gasteiger partial charge in [-0.15, -0.1) is 0 Å². The first-order valence-corrected chi connectivity index (χ1v) is 13.4. The Morgan fingerprint density at radius 2 is 1.68 bits per heavy atom. The summed E-state index contributed by atoms with van der Waals surface area (Å²) in [4.78, 5) is 5.20. The summed E-state index contributed by atoms with van der Waals surface area (Å²) in [7, 11) is 0. The number of nitrogens with zero attached hydrogens (tertiary/aromatic N) is 2. The monoisotopic (exact) mass is 485 g/mol. The molecule has 188 valence electrons. The molecule has 4 nitrogen and oxygen atoms in total. The van der Waals surface area contributed by atoms with Crippen LogP contribution in [0.3, 0.4) is 0 Å². The van der Waals surface area contributed by atoms with Crippen molar-refractivity contribution in [3.05, 3.63) is 59.1 Å². The smallest absolute Gasteiger partial charge is 0.119 e. The predicted molar refractivity (Wildman–Crippen MR) is 146 cm³/mol. The van der Waals surface area contributed by atoms with Crippen molar-refractivity contribution in [3.8, 4) is 5.75 Å². The minimum Gasteiger partial charge on any atom is -0.489 e. The van der Waals surface area contributed by atoms with E-state index in [1.54, 1.807) is 0 Å². The summed E-state index contributed by atoms with van der Waals surface area (Å²) in [6.07, 6.45) is 4.74. The molecule has 1 aliphatic heterocycles. The summed E-state index contributed by atoms with van der Waals surface area (Å²) in [6, 6.07) is 17.3. The Balaban J connectivity index is 1.59. The molecule has 34 heavy (non-hydrogen) atoms. The van der Waals surface area contributed by atoms with Gasteiger partial charge in [-0.2, -0.15) is 0 Å². The Morgan fingerprint density at radius 3 is 2.26 bits per heavy atom. The van der Waals surface area contributed by atoms with Crippen molar-refractivity contribution in [2.45, 2.75) is 72.1 Å². The number of likely N-dealkylation sites (tertiary alicyclic amines) is 1. The molecule has 1 fully saturated rings. The van der Waals surface area contributed by atoms with Gasteiger partial charge in [0.15, 0.2) is 0 Å². The van der Waals surface area contributed by atoms with Crippen LogP contribution >= 0.6 is 11.6 Å². The molecule has 0 radical (unpaired) electrons. The zero-order valence-electron chi connectivity index (χ0n) is 21.6. The second-order valence-electron chi connectivity index (χ2n) is 10.4. The van der Waals surface area contributed by atoms with Crippen molar-refractivity contribution in [2.75, 3.05) is 31.1 Å². The number of rotatable bonds is 12. The van der Waals surface area contributed by atoms with E-state index in [2.05, 4.69) is 61.8 Å². The normalized spacial score (nSPS) is 17.0. The van der Waals surface area contributed by atoms with Crippen molar-refractivity contribution in [1.29, 1.82) is 0 Å². The van der Waals surface area contributed by atoms with Crippen molar-refractivity contribution >= 4 is 17.3 Å². The Hall–Kier alpha value is -1.75. The fourth-order valence-electron chi connectivity index (χ4n) is 4.60. The second-order valence-corrected chi connectivity index (χ2v) is 10.8. The zero-order chi connectivity index (χ0) is 24.5. The lowest BCUT2D eigenvalue weighted by Gasteiger charge is -2.41. The fraction of sp³-hybridized carbons (Fsp3) is 0.586. The molecular weight excluding hydrogens is 442 g/mol. The molecule has 1 heterocycles. The maximum absolute atomic E-state index is 6.44. The number of benzene rings is 2. The third-order valence-electron chi connectivity index (χ3n) is 7.28. The lowest BCUT2D eigenvalue weighted by atomic mass is 9.97. The fourth-order valence-corrected chi connectivity index (χ4v) is 4.72. The lowest BCUT2D eigenvalue weighted by Crippen LogP contribution is -2.49. The average Bonchev–Trinajstić information content (AvgIpc) is 2.84. The quantitative estimate of drug-likeness (QED) is 0.367. The molecule has 1 saturated heterocycles. The highest BCUT2D eigenvalue weighted by molar-refractivity contribution is 6.30. The minimum atomic E-state index is 0.277. The highest BCUT2D eigenvalue weighted by Gasteiger charge is 2.26. The van der Waals surface area contributed by atoms with Crippen molar-refractivity contribution in [2.24, 2.45) is 17.6 Å². The van der Waals surface area contributed by atoms with Crippen LogP contribution in [0, 0.1) is 11.8 Å². The summed E-state index contributed by atoms with van der Waals surface area (Å²) in [6.45, 7) is 14.1. The Kier molecular flexibility index (Phi) is 10.6. The molecular formula is C29H44ClN3O. The van der Waals surface area contributed by atoms with Crippen LogP contribution in [0.4, 0.5) is 5.69 Å². The van der Waals surface area contributed by atoms with Gasteiger partial charge in [-0.1, -0.05) is 57.8 Å². The molecule has 2 N–H and O–H groups in total. The molecule has 0 bridgehead atoms. The number of hydrogen-bond acceptors (Lipinski definition) is 4. The van der Waals surface area contributed by atoms with Crippen LogP contribution in [0.15, 0.2) is 48.5 Å². The van der Waals surface area contributed by atoms with E-state index < -0.39 is 0 Å². The van der Waals surface area contributed by atoms with Crippen LogP contribution in [-0.4, -0.2) is 43.2 Å². The molecule has 1 aliphatic rings. The molecule has 2 aromatic rings. The van der Waals surface area contributed by atoms with E-state index in [-0.39, 0.29) is 6.04 Å². The Morgan fingerprint density at radius 1 is 1.03 bits per heavy atom. The molecule has 2 aromatic carbocycles. The summed E-state index contributed by atoms with van der Waals surface area (Å²) in [5.74, 6) is 2.18. The maximum Gasteiger partial charge on any atom is 0.119 e. The van der Waals surface area contributed by atoms with Crippen LogP contribution in [0.1, 0.15) is 58.9 Å². The first-order valence-electron chi connectivity index (χ1n) is 13.1. The molecule has 0 aliphatic carbocycles. The van der Waals surface area contributed by atoms with Crippen LogP contribution < -0.4 is 15.4 Å². The van der Waals surface area contributed by atoms with Crippen LogP contribution in [0.2, 0.25) is 5.02 Å². The molecule has 5 heteroatoms. The van der Waals surface area contributed by atoms with E-state index in [9.17, 15) is 0 Å². The van der Waals surface area contributed by atoms with Gasteiger partial charge in [0.25, 0.3) is 0 Å². The number of hydrogen-bond donors (Lipinski definition) is 1. The summed E-state index contributed by atoms with van der Waals surface area (Å²) < 4.78 is 6.01. The van der Waals surface area contributed by atoms with Gasteiger partial charge in [-0.25, -0.2) is 0 Å². The standard InChI is InChI=1S/C29H44ClN3O/c1-5-23(4)29(31)20-32-17-15-27(16-18-32)33(19-14-22(2)3)26-10-12-28(13-11-26)34-21-24-6-8-25(30)9-7-24/h6-13,22-23,27,29H,5,14-21,31H2,1-4H3. The lowest BCUT2D eigenvalue weighted by molar-refractivity contribution is 0.183. The molecule has 0 aromatic heterocycles. The molecule has 2 atom stereocenters. The number of nitrogens with two attached hydrogens (primary N) is 1. The van der Waals surface area contributed by atoms with E-state index in [0.29, 0.717) is 24.5 Å². The minimum absolute atomic E-state index is 0.277. The number of halogens is 1. The van der Waals surface area contributed by atoms with Crippen molar-refractivity contribution < 1.29 is 4.74 Å². The highest BCUT2D eigenvalue weighted by Crippen LogP contribution is 2.27. The highest BCUT2D eigenvalue weighted by atomic mass is 35.5. The van der Waals surface area contributed by atoms with E-state index in [0.717, 1.165) is 48.9 Å². The van der Waals surface area contributed by atoms with Gasteiger partial charge < -0.3 is 20.3 Å². The summed E-state index contributed by atoms with van der Waals surface area (Å²) in [5.41, 5.74) is 8.86. The number of piperidine rings is 1. The predicted octanol–water partition coefficient (Wildman–Crippen LogP) is 6.61. The molecule has 3 rings (SSSR count). The maximum atomic E-state index is 6.44. The van der Waals surface area contributed by atoms with E-state index in [1.807, 2.05) is 24.3 Å². The molecule has 2 unspecified atom stereocenters. The first-order chi connectivity index (χ1) is 16.4. The van der Waals surface area contributed by atoms with Crippen LogP contribution in [0.25, 0.3) is 0 Å². The topological polar surface area (TPSA) is 41.7 Å². The third-order valence-corrected chi connectivity index (χ3v) is 7.53. The van der Waals surface area contributed by atoms with Gasteiger partial charge in [-0.05, 0) is 73.1 Å². The third kappa shape index (κ3) is 8.18. The van der Waals surface area contributed by atoms with Gasteiger partial charge in [0.2, 0.25) is 0 Å². The zero-order valence-corrected chi connectivity index (χ0v) is 22.3. The van der Waals surface area contributed by atoms with Crippen LogP contribution in [-0.2, 0) is 6.61 Å². The molecule has 0 amide bonds. The summed E-state index contributed by atoms with van der Waals surface area (Å²) in [5, 5.41) is 0.749. The molecule has 0 saturated carbocycles. The van der Waals surface area contributed by atoms with Gasteiger partial charge in [0.1, 0.15) is 12.4 Å². The average molecular weight is 486 g/mol. The Labute approximate surface area is 212 Å². The van der Waals surface area contributed by atoms with Crippen molar-refractivity contribution in [1.82, 2.24) is 4.90 Å². The first kappa shape index (κ1) is 26.8. The SMILES string of the molecule is CCC(C)C(N)CN1CCC(N(CCC(C)C)c2ccc(OCc3ccc(Cl)cc3)cc2)CC1.